The lowest BCUT2D eigenvalue weighted by molar-refractivity contribution is -0.117. The lowest BCUT2D eigenvalue weighted by atomic mass is 10.1. The summed E-state index contributed by atoms with van der Waals surface area (Å²) in [4.78, 5) is 40.5. The Morgan fingerprint density at radius 1 is 0.806 bits per heavy atom. The highest BCUT2D eigenvalue weighted by molar-refractivity contribution is 6.05. The molecular formula is C26H24F2N4O4. The Morgan fingerprint density at radius 3 is 2.14 bits per heavy atom. The number of nitrogens with one attached hydrogen (secondary N) is 2. The molecule has 1 aliphatic heterocycles. The zero-order chi connectivity index (χ0) is 25.7. The van der Waals surface area contributed by atoms with E-state index in [-0.39, 0.29) is 35.1 Å². The maximum atomic E-state index is 13.9. The Bertz CT molecular complexity index is 1280. The highest BCUT2D eigenvalue weighted by atomic mass is 19.1. The Labute approximate surface area is 206 Å². The molecule has 0 aliphatic carbocycles. The molecule has 0 radical (unpaired) electrons. The Kier molecular flexibility index (Phi) is 7.55. The molecular weight excluding hydrogens is 470 g/mol. The normalized spacial score (nSPS) is 13.8. The zero-order valence-corrected chi connectivity index (χ0v) is 19.2. The van der Waals surface area contributed by atoms with E-state index < -0.39 is 17.7 Å². The number of carboxylic acid groups (broad SMARTS) is 1. The SMILES string of the molecule is O=C(CN1CCN(c2ccc(NC(=O)c3ccccc3F)cc2C(=O)O)CC1)Nc1ccc(F)cc1. The minimum atomic E-state index is -1.16. The van der Waals surface area contributed by atoms with E-state index in [2.05, 4.69) is 10.6 Å². The van der Waals surface area contributed by atoms with Crippen LogP contribution in [0.2, 0.25) is 0 Å². The van der Waals surface area contributed by atoms with Crippen LogP contribution in [0.4, 0.5) is 25.8 Å². The number of amides is 2. The van der Waals surface area contributed by atoms with E-state index in [4.69, 9.17) is 0 Å². The number of anilines is 3. The topological polar surface area (TPSA) is 102 Å². The molecule has 0 saturated carbocycles. The molecule has 0 spiro atoms. The fourth-order valence-corrected chi connectivity index (χ4v) is 3.99. The third kappa shape index (κ3) is 6.02. The van der Waals surface area contributed by atoms with Crippen LogP contribution in [0.15, 0.2) is 66.7 Å². The highest BCUT2D eigenvalue weighted by Crippen LogP contribution is 2.26. The van der Waals surface area contributed by atoms with Gasteiger partial charge < -0.3 is 20.6 Å². The Balaban J connectivity index is 1.37. The molecule has 0 aromatic heterocycles. The monoisotopic (exact) mass is 494 g/mol. The molecule has 1 saturated heterocycles. The van der Waals surface area contributed by atoms with Crippen LogP contribution in [0.1, 0.15) is 20.7 Å². The van der Waals surface area contributed by atoms with Crippen LogP contribution in [0, 0.1) is 11.6 Å². The van der Waals surface area contributed by atoms with Crippen molar-refractivity contribution in [2.75, 3.05) is 48.3 Å². The first-order chi connectivity index (χ1) is 17.3. The van der Waals surface area contributed by atoms with Crippen LogP contribution in [0.5, 0.6) is 0 Å². The summed E-state index contributed by atoms with van der Waals surface area (Å²) < 4.78 is 26.9. The maximum absolute atomic E-state index is 13.9. The number of piperazine rings is 1. The van der Waals surface area contributed by atoms with Crippen LogP contribution in [-0.4, -0.2) is 60.5 Å². The summed E-state index contributed by atoms with van der Waals surface area (Å²) in [6.07, 6.45) is 0. The molecule has 1 aliphatic rings. The van der Waals surface area contributed by atoms with Gasteiger partial charge in [0.25, 0.3) is 5.91 Å². The third-order valence-electron chi connectivity index (χ3n) is 5.81. The van der Waals surface area contributed by atoms with Crippen LogP contribution in [0.3, 0.4) is 0 Å². The molecule has 3 N–H and O–H groups in total. The van der Waals surface area contributed by atoms with E-state index in [1.165, 1.54) is 54.6 Å². The van der Waals surface area contributed by atoms with Crippen molar-refractivity contribution in [3.63, 3.8) is 0 Å². The standard InChI is InChI=1S/C26H24F2N4O4/c27-17-5-7-18(8-6-17)29-24(33)16-31-11-13-32(14-12-31)23-10-9-19(15-21(23)26(35)36)30-25(34)20-3-1-2-4-22(20)28/h1-10,15H,11-14,16H2,(H,29,33)(H,30,34)(H,35,36). The third-order valence-corrected chi connectivity index (χ3v) is 5.81. The number of rotatable bonds is 7. The van der Waals surface area contributed by atoms with E-state index in [1.807, 2.05) is 9.80 Å². The lowest BCUT2D eigenvalue weighted by Gasteiger charge is -2.36. The minimum absolute atomic E-state index is 0.00355. The summed E-state index contributed by atoms with van der Waals surface area (Å²) in [7, 11) is 0. The van der Waals surface area contributed by atoms with Gasteiger partial charge in [0.2, 0.25) is 5.91 Å². The van der Waals surface area contributed by atoms with Crippen LogP contribution >= 0.6 is 0 Å². The van der Waals surface area contributed by atoms with Crippen LogP contribution in [0.25, 0.3) is 0 Å². The molecule has 10 heteroatoms. The van der Waals surface area contributed by atoms with Crippen molar-refractivity contribution in [2.45, 2.75) is 0 Å². The second-order valence-electron chi connectivity index (χ2n) is 8.29. The smallest absolute Gasteiger partial charge is 0.337 e. The zero-order valence-electron chi connectivity index (χ0n) is 19.2. The minimum Gasteiger partial charge on any atom is -0.478 e. The molecule has 36 heavy (non-hydrogen) atoms. The number of carboxylic acids is 1. The molecule has 0 bridgehead atoms. The van der Waals surface area contributed by atoms with Gasteiger partial charge in [-0.25, -0.2) is 13.6 Å². The Morgan fingerprint density at radius 2 is 1.47 bits per heavy atom. The molecule has 0 atom stereocenters. The number of nitrogens with zero attached hydrogens (tertiary/aromatic N) is 2. The van der Waals surface area contributed by atoms with Gasteiger partial charge in [-0.2, -0.15) is 0 Å². The average molecular weight is 494 g/mol. The van der Waals surface area contributed by atoms with Crippen LogP contribution < -0.4 is 15.5 Å². The number of hydrogen-bond acceptors (Lipinski definition) is 5. The molecule has 3 aromatic rings. The largest absolute Gasteiger partial charge is 0.478 e. The van der Waals surface area contributed by atoms with E-state index in [1.54, 1.807) is 12.1 Å². The molecule has 0 unspecified atom stereocenters. The number of carbonyl (C=O) groups excluding carboxylic acids is 2. The highest BCUT2D eigenvalue weighted by Gasteiger charge is 2.23. The van der Waals surface area contributed by atoms with Crippen molar-refractivity contribution in [2.24, 2.45) is 0 Å². The van der Waals surface area contributed by atoms with E-state index in [0.29, 0.717) is 37.6 Å². The van der Waals surface area contributed by atoms with Gasteiger partial charge in [0.1, 0.15) is 11.6 Å². The maximum Gasteiger partial charge on any atom is 0.337 e. The second kappa shape index (κ2) is 11.0. The van der Waals surface area contributed by atoms with Crippen molar-refractivity contribution in [1.82, 2.24) is 4.90 Å². The lowest BCUT2D eigenvalue weighted by Crippen LogP contribution is -2.49. The molecule has 186 valence electrons. The van der Waals surface area contributed by atoms with Crippen LogP contribution in [-0.2, 0) is 4.79 Å². The number of benzene rings is 3. The number of carbonyl (C=O) groups is 3. The van der Waals surface area contributed by atoms with Gasteiger partial charge in [-0.1, -0.05) is 12.1 Å². The predicted octanol–water partition coefficient (Wildman–Crippen LogP) is 3.68. The summed E-state index contributed by atoms with van der Waals surface area (Å²) in [5, 5.41) is 15.0. The molecule has 1 heterocycles. The van der Waals surface area contributed by atoms with Gasteiger partial charge in [-0.3, -0.25) is 14.5 Å². The van der Waals surface area contributed by atoms with Crippen molar-refractivity contribution < 1.29 is 28.3 Å². The van der Waals surface area contributed by atoms with Crippen molar-refractivity contribution in [3.05, 3.63) is 89.5 Å². The molecule has 3 aromatic carbocycles. The van der Waals surface area contributed by atoms with Gasteiger partial charge >= 0.3 is 5.97 Å². The number of aromatic carboxylic acids is 1. The predicted molar refractivity (Wildman–Crippen MR) is 131 cm³/mol. The first-order valence-electron chi connectivity index (χ1n) is 11.3. The summed E-state index contributed by atoms with van der Waals surface area (Å²) in [6, 6.07) is 15.6. The molecule has 1 fully saturated rings. The van der Waals surface area contributed by atoms with Gasteiger partial charge in [0.15, 0.2) is 0 Å². The van der Waals surface area contributed by atoms with Crippen molar-refractivity contribution in [1.29, 1.82) is 0 Å². The van der Waals surface area contributed by atoms with Gasteiger partial charge in [0.05, 0.1) is 23.4 Å². The van der Waals surface area contributed by atoms with Gasteiger partial charge in [0, 0.05) is 37.6 Å². The second-order valence-corrected chi connectivity index (χ2v) is 8.29. The summed E-state index contributed by atoms with van der Waals surface area (Å²) in [5.74, 6) is -3.12. The fourth-order valence-electron chi connectivity index (χ4n) is 3.99. The molecule has 4 rings (SSSR count). The quantitative estimate of drug-likeness (QED) is 0.463. The fraction of sp³-hybridized carbons (Fsp3) is 0.192. The number of hydrogen-bond donors (Lipinski definition) is 3. The average Bonchev–Trinajstić information content (AvgIpc) is 2.86. The van der Waals surface area contributed by atoms with Gasteiger partial charge in [-0.15, -0.1) is 0 Å². The summed E-state index contributed by atoms with van der Waals surface area (Å²) in [6.45, 7) is 2.19. The number of halogens is 2. The first-order valence-corrected chi connectivity index (χ1v) is 11.3. The van der Waals surface area contributed by atoms with Crippen molar-refractivity contribution >= 4 is 34.8 Å². The summed E-state index contributed by atoms with van der Waals surface area (Å²) >= 11 is 0. The molecule has 2 amide bonds. The van der Waals surface area contributed by atoms with E-state index in [0.717, 1.165) is 0 Å². The van der Waals surface area contributed by atoms with Crippen molar-refractivity contribution in [3.8, 4) is 0 Å². The van der Waals surface area contributed by atoms with E-state index in [9.17, 15) is 28.3 Å². The first kappa shape index (κ1) is 24.8. The van der Waals surface area contributed by atoms with E-state index >= 15 is 0 Å². The summed E-state index contributed by atoms with van der Waals surface area (Å²) in [5.41, 5.74) is 1.09. The molecule has 8 nitrogen and oxygen atoms in total. The van der Waals surface area contributed by atoms with Gasteiger partial charge in [-0.05, 0) is 54.6 Å². The Hall–Kier alpha value is -4.31.